The minimum absolute atomic E-state index is 0.122. The molecule has 2 rings (SSSR count). The minimum atomic E-state index is -0.715. The quantitative estimate of drug-likeness (QED) is 0.586. The Hall–Kier alpha value is -1.48. The van der Waals surface area contributed by atoms with E-state index in [9.17, 15) is 5.11 Å². The van der Waals surface area contributed by atoms with Crippen LogP contribution in [0.15, 0.2) is 23.3 Å². The van der Waals surface area contributed by atoms with Crippen molar-refractivity contribution in [3.05, 3.63) is 23.3 Å². The van der Waals surface area contributed by atoms with Gasteiger partial charge in [0.15, 0.2) is 0 Å². The molecule has 3 atom stereocenters. The zero-order valence-electron chi connectivity index (χ0n) is 12.7. The number of aliphatic hydroxyl groups is 1. The highest BCUT2D eigenvalue weighted by atomic mass is 16.5. The zero-order valence-corrected chi connectivity index (χ0v) is 12.7. The fourth-order valence-electron chi connectivity index (χ4n) is 3.47. The van der Waals surface area contributed by atoms with Crippen LogP contribution in [0.4, 0.5) is 0 Å². The molecular weight excluding hydrogens is 248 g/mol. The molecule has 0 saturated carbocycles. The fourth-order valence-corrected chi connectivity index (χ4v) is 3.47. The van der Waals surface area contributed by atoms with E-state index in [2.05, 4.69) is 44.5 Å². The van der Waals surface area contributed by atoms with E-state index in [4.69, 9.17) is 4.74 Å². The molecule has 2 aliphatic carbocycles. The summed E-state index contributed by atoms with van der Waals surface area (Å²) < 4.78 is 5.60. The summed E-state index contributed by atoms with van der Waals surface area (Å²) in [5, 5.41) is 10.5. The normalized spacial score (nSPS) is 33.1. The lowest BCUT2D eigenvalue weighted by Gasteiger charge is -2.44. The van der Waals surface area contributed by atoms with Crippen LogP contribution in [-0.2, 0) is 4.74 Å². The molecule has 0 aromatic heterocycles. The molecule has 0 heterocycles. The maximum Gasteiger partial charge on any atom is 0.137 e. The number of allylic oxidation sites excluding steroid dienone is 3. The van der Waals surface area contributed by atoms with Crippen LogP contribution in [0.1, 0.15) is 33.6 Å². The average Bonchev–Trinajstić information content (AvgIpc) is 2.39. The molecule has 0 radical (unpaired) electrons. The second-order valence-electron chi connectivity index (χ2n) is 6.03. The highest BCUT2D eigenvalue weighted by Crippen LogP contribution is 2.47. The van der Waals surface area contributed by atoms with Crippen molar-refractivity contribution in [2.24, 2.45) is 11.3 Å². The molecule has 0 saturated heterocycles. The van der Waals surface area contributed by atoms with Gasteiger partial charge >= 0.3 is 0 Å². The molecule has 2 aliphatic rings. The molecule has 0 amide bonds. The highest BCUT2D eigenvalue weighted by molar-refractivity contribution is 5.38. The van der Waals surface area contributed by atoms with Gasteiger partial charge in [0.1, 0.15) is 12.2 Å². The van der Waals surface area contributed by atoms with E-state index < -0.39 is 6.10 Å². The molecule has 20 heavy (non-hydrogen) atoms. The molecule has 2 nitrogen and oxygen atoms in total. The van der Waals surface area contributed by atoms with E-state index in [1.165, 1.54) is 5.57 Å². The second-order valence-corrected chi connectivity index (χ2v) is 6.03. The van der Waals surface area contributed by atoms with Crippen molar-refractivity contribution in [1.29, 1.82) is 0 Å². The van der Waals surface area contributed by atoms with Crippen LogP contribution in [0.5, 0.6) is 0 Å². The van der Waals surface area contributed by atoms with E-state index >= 15 is 0 Å². The summed E-state index contributed by atoms with van der Waals surface area (Å²) in [5.74, 6) is 12.2. The Morgan fingerprint density at radius 1 is 1.25 bits per heavy atom. The largest absolute Gasteiger partial charge is 0.376 e. The topological polar surface area (TPSA) is 29.5 Å². The minimum Gasteiger partial charge on any atom is -0.376 e. The predicted molar refractivity (Wildman–Crippen MR) is 80.7 cm³/mol. The van der Waals surface area contributed by atoms with Crippen molar-refractivity contribution < 1.29 is 9.84 Å². The van der Waals surface area contributed by atoms with Crippen LogP contribution in [0.25, 0.3) is 0 Å². The number of ether oxygens (including phenoxy) is 1. The fraction of sp³-hybridized carbons (Fsp3) is 0.556. The van der Waals surface area contributed by atoms with E-state index in [-0.39, 0.29) is 17.4 Å². The maximum absolute atomic E-state index is 10.5. The third kappa shape index (κ3) is 2.68. The first kappa shape index (κ1) is 14.9. The van der Waals surface area contributed by atoms with Crippen LogP contribution in [0, 0.1) is 35.0 Å². The zero-order chi connectivity index (χ0) is 14.8. The molecule has 2 bridgehead atoms. The molecule has 1 N–H and O–H groups in total. The van der Waals surface area contributed by atoms with Crippen molar-refractivity contribution in [2.75, 3.05) is 7.11 Å². The van der Waals surface area contributed by atoms with Gasteiger partial charge in [0.2, 0.25) is 0 Å². The standard InChI is InChI=1S/C18H22O2/c1-13-11-12-14-16(20-4)10-8-6-5-7-9-15(19)17(13)18(14,2)3/h5-6,14-16,19H,11-12H2,1-4H3/b6-5-/t14-,15-,16+/m0/s1. The summed E-state index contributed by atoms with van der Waals surface area (Å²) in [6, 6.07) is 0. The summed E-state index contributed by atoms with van der Waals surface area (Å²) >= 11 is 0. The smallest absolute Gasteiger partial charge is 0.137 e. The van der Waals surface area contributed by atoms with Crippen LogP contribution in [0.2, 0.25) is 0 Å². The van der Waals surface area contributed by atoms with Crippen LogP contribution < -0.4 is 0 Å². The molecular formula is C18H22O2. The maximum atomic E-state index is 10.5. The van der Waals surface area contributed by atoms with Gasteiger partial charge in [-0.2, -0.15) is 0 Å². The van der Waals surface area contributed by atoms with Crippen LogP contribution in [-0.4, -0.2) is 24.4 Å². The molecule has 0 aromatic carbocycles. The van der Waals surface area contributed by atoms with Gasteiger partial charge in [-0.3, -0.25) is 0 Å². The molecule has 0 unspecified atom stereocenters. The summed E-state index contributed by atoms with van der Waals surface area (Å²) in [4.78, 5) is 0. The number of fused-ring (bicyclic) bond motifs is 2. The van der Waals surface area contributed by atoms with Crippen LogP contribution >= 0.6 is 0 Å². The lowest BCUT2D eigenvalue weighted by molar-refractivity contribution is 0.0317. The Kier molecular flexibility index (Phi) is 4.39. The summed E-state index contributed by atoms with van der Waals surface area (Å²) in [6.07, 6.45) is 4.56. The summed E-state index contributed by atoms with van der Waals surface area (Å²) in [5.41, 5.74) is 2.12. The van der Waals surface area contributed by atoms with Gasteiger partial charge < -0.3 is 9.84 Å². The van der Waals surface area contributed by atoms with Gasteiger partial charge in [-0.25, -0.2) is 0 Å². The lowest BCUT2D eigenvalue weighted by atomic mass is 9.62. The highest BCUT2D eigenvalue weighted by Gasteiger charge is 2.43. The van der Waals surface area contributed by atoms with Gasteiger partial charge in [-0.05, 0) is 42.9 Å². The SMILES string of the molecule is CO[C@@H]1C#C/C=C\C#C[C@H](O)C2=C(C)CC[C@@H]1C2(C)C. The first-order valence-electron chi connectivity index (χ1n) is 7.06. The first-order chi connectivity index (χ1) is 9.48. The van der Waals surface area contributed by atoms with Crippen molar-refractivity contribution in [3.8, 4) is 23.7 Å². The third-order valence-electron chi connectivity index (χ3n) is 4.50. The molecule has 106 valence electrons. The Morgan fingerprint density at radius 3 is 2.55 bits per heavy atom. The van der Waals surface area contributed by atoms with Crippen molar-refractivity contribution in [2.45, 2.75) is 45.8 Å². The molecule has 2 heteroatoms. The average molecular weight is 270 g/mol. The number of hydrogen-bond acceptors (Lipinski definition) is 2. The lowest BCUT2D eigenvalue weighted by Crippen LogP contribution is -2.42. The number of rotatable bonds is 1. The van der Waals surface area contributed by atoms with Crippen LogP contribution in [0.3, 0.4) is 0 Å². The molecule has 0 fully saturated rings. The molecule has 0 aliphatic heterocycles. The number of methoxy groups -OCH3 is 1. The van der Waals surface area contributed by atoms with E-state index in [1.54, 1.807) is 19.3 Å². The van der Waals surface area contributed by atoms with Gasteiger partial charge in [-0.1, -0.05) is 43.1 Å². The Labute approximate surface area is 121 Å². The van der Waals surface area contributed by atoms with E-state index in [1.807, 2.05) is 0 Å². The summed E-state index contributed by atoms with van der Waals surface area (Å²) in [6.45, 7) is 6.43. The Morgan fingerprint density at radius 2 is 1.90 bits per heavy atom. The molecule has 0 spiro atoms. The number of hydrogen-bond donors (Lipinski definition) is 1. The molecule has 0 aromatic rings. The van der Waals surface area contributed by atoms with E-state index in [0.717, 1.165) is 18.4 Å². The second kappa shape index (κ2) is 5.88. The van der Waals surface area contributed by atoms with Gasteiger partial charge in [0, 0.05) is 13.0 Å². The Bertz CT molecular complexity index is 558. The number of aliphatic hydroxyl groups excluding tert-OH is 1. The van der Waals surface area contributed by atoms with Crippen molar-refractivity contribution in [1.82, 2.24) is 0 Å². The predicted octanol–water partition coefficient (Wildman–Crippen LogP) is 2.69. The first-order valence-corrected chi connectivity index (χ1v) is 7.06. The monoisotopic (exact) mass is 270 g/mol. The van der Waals surface area contributed by atoms with Gasteiger partial charge in [0.25, 0.3) is 0 Å². The van der Waals surface area contributed by atoms with Crippen molar-refractivity contribution in [3.63, 3.8) is 0 Å². The Balaban J connectivity index is 2.58. The van der Waals surface area contributed by atoms with Gasteiger partial charge in [0.05, 0.1) is 0 Å². The summed E-state index contributed by atoms with van der Waals surface area (Å²) in [7, 11) is 1.70. The van der Waals surface area contributed by atoms with Gasteiger partial charge in [-0.15, -0.1) is 0 Å². The van der Waals surface area contributed by atoms with E-state index in [0.29, 0.717) is 0 Å². The third-order valence-corrected chi connectivity index (χ3v) is 4.50. The van der Waals surface area contributed by atoms with Crippen molar-refractivity contribution >= 4 is 0 Å².